The van der Waals surface area contributed by atoms with Gasteiger partial charge >= 0.3 is 0 Å². The van der Waals surface area contributed by atoms with Crippen molar-refractivity contribution in [2.24, 2.45) is 29.1 Å². The summed E-state index contributed by atoms with van der Waals surface area (Å²) in [6.07, 6.45) is 14.5. The Morgan fingerprint density at radius 3 is 2.67 bits per heavy atom. The average molecular weight is 290 g/mol. The van der Waals surface area contributed by atoms with E-state index in [1.807, 2.05) is 13.8 Å². The molecule has 0 radical (unpaired) electrons. The Morgan fingerprint density at radius 2 is 1.86 bits per heavy atom. The van der Waals surface area contributed by atoms with Crippen LogP contribution in [0.2, 0.25) is 0 Å². The standard InChI is InChI=1S/C18H28O.C2H6/c1-18-10-9-14(19)11-13(18)6-7-16-15-4-2-3-12(15)5-8-17(16)18;1-2/h6,12,14-17,19H,2-5,7-11H2,1H3;1-2H3. The number of hydrogen-bond donors (Lipinski definition) is 1. The monoisotopic (exact) mass is 290 g/mol. The van der Waals surface area contributed by atoms with Gasteiger partial charge in [-0.2, -0.15) is 0 Å². The van der Waals surface area contributed by atoms with Gasteiger partial charge in [-0.3, -0.25) is 0 Å². The fourth-order valence-corrected chi connectivity index (χ4v) is 6.26. The van der Waals surface area contributed by atoms with Crippen LogP contribution in [0.25, 0.3) is 0 Å². The molecule has 6 atom stereocenters. The molecule has 120 valence electrons. The van der Waals surface area contributed by atoms with Crippen molar-refractivity contribution in [3.8, 4) is 0 Å². The van der Waals surface area contributed by atoms with Gasteiger partial charge in [0.25, 0.3) is 0 Å². The van der Waals surface area contributed by atoms with Gasteiger partial charge in [-0.25, -0.2) is 0 Å². The first-order valence-corrected chi connectivity index (χ1v) is 9.56. The molecule has 0 heterocycles. The number of fused-ring (bicyclic) bond motifs is 5. The Hall–Kier alpha value is -0.300. The molecule has 3 fully saturated rings. The number of aliphatic hydroxyl groups is 1. The minimum absolute atomic E-state index is 0.0568. The molecule has 6 unspecified atom stereocenters. The molecule has 0 spiro atoms. The largest absolute Gasteiger partial charge is 0.393 e. The van der Waals surface area contributed by atoms with E-state index in [1.54, 1.807) is 5.57 Å². The summed E-state index contributed by atoms with van der Waals surface area (Å²) in [6, 6.07) is 0. The van der Waals surface area contributed by atoms with Gasteiger partial charge in [0.15, 0.2) is 0 Å². The molecule has 1 heteroatoms. The van der Waals surface area contributed by atoms with Crippen molar-refractivity contribution >= 4 is 0 Å². The quantitative estimate of drug-likeness (QED) is 0.597. The lowest BCUT2D eigenvalue weighted by molar-refractivity contribution is -0.00534. The maximum atomic E-state index is 9.97. The van der Waals surface area contributed by atoms with E-state index in [-0.39, 0.29) is 6.10 Å². The van der Waals surface area contributed by atoms with E-state index in [0.717, 1.165) is 36.5 Å². The summed E-state index contributed by atoms with van der Waals surface area (Å²) < 4.78 is 0. The molecule has 0 bridgehead atoms. The van der Waals surface area contributed by atoms with E-state index >= 15 is 0 Å². The van der Waals surface area contributed by atoms with Crippen LogP contribution in [-0.2, 0) is 0 Å². The number of allylic oxidation sites excluding steroid dienone is 1. The maximum absolute atomic E-state index is 9.97. The highest BCUT2D eigenvalue weighted by Gasteiger charge is 2.52. The van der Waals surface area contributed by atoms with Gasteiger partial charge in [0.05, 0.1) is 6.10 Å². The Kier molecular flexibility index (Phi) is 4.50. The molecular formula is C20H34O. The molecule has 1 N–H and O–H groups in total. The molecule has 4 aliphatic carbocycles. The minimum Gasteiger partial charge on any atom is -0.393 e. The van der Waals surface area contributed by atoms with Crippen LogP contribution < -0.4 is 0 Å². The zero-order valence-corrected chi connectivity index (χ0v) is 14.3. The second-order valence-corrected chi connectivity index (χ2v) is 7.98. The Balaban J connectivity index is 0.000000636. The summed E-state index contributed by atoms with van der Waals surface area (Å²) in [5, 5.41) is 9.97. The van der Waals surface area contributed by atoms with Gasteiger partial charge in [0.1, 0.15) is 0 Å². The Morgan fingerprint density at radius 1 is 1.05 bits per heavy atom. The molecule has 0 aromatic carbocycles. The SMILES string of the molecule is CC.CC12CCC(O)CC1=CCC1C3CCCC3CCC12. The van der Waals surface area contributed by atoms with E-state index in [9.17, 15) is 5.11 Å². The molecule has 3 saturated carbocycles. The van der Waals surface area contributed by atoms with Crippen LogP contribution in [0.15, 0.2) is 11.6 Å². The van der Waals surface area contributed by atoms with E-state index in [0.29, 0.717) is 5.41 Å². The number of aliphatic hydroxyl groups excluding tert-OH is 1. The van der Waals surface area contributed by atoms with Crippen LogP contribution in [0.4, 0.5) is 0 Å². The molecule has 0 saturated heterocycles. The molecule has 0 amide bonds. The van der Waals surface area contributed by atoms with Crippen LogP contribution >= 0.6 is 0 Å². The summed E-state index contributed by atoms with van der Waals surface area (Å²) >= 11 is 0. The van der Waals surface area contributed by atoms with Gasteiger partial charge < -0.3 is 5.11 Å². The lowest BCUT2D eigenvalue weighted by Crippen LogP contribution is -2.47. The fourth-order valence-electron chi connectivity index (χ4n) is 6.26. The van der Waals surface area contributed by atoms with Crippen LogP contribution in [0, 0.1) is 29.1 Å². The van der Waals surface area contributed by atoms with Crippen molar-refractivity contribution in [1.82, 2.24) is 0 Å². The highest BCUT2D eigenvalue weighted by Crippen LogP contribution is 2.61. The van der Waals surface area contributed by atoms with E-state index in [4.69, 9.17) is 0 Å². The second kappa shape index (κ2) is 6.07. The molecule has 21 heavy (non-hydrogen) atoms. The van der Waals surface area contributed by atoms with Crippen molar-refractivity contribution < 1.29 is 5.11 Å². The van der Waals surface area contributed by atoms with Gasteiger partial charge in [-0.15, -0.1) is 0 Å². The second-order valence-electron chi connectivity index (χ2n) is 7.98. The van der Waals surface area contributed by atoms with Crippen LogP contribution in [0.3, 0.4) is 0 Å². The summed E-state index contributed by atoms with van der Waals surface area (Å²) in [5.41, 5.74) is 2.05. The lowest BCUT2D eigenvalue weighted by atomic mass is 9.50. The Labute approximate surface area is 131 Å². The molecule has 4 rings (SSSR count). The lowest BCUT2D eigenvalue weighted by Gasteiger charge is -2.55. The molecule has 1 nitrogen and oxygen atoms in total. The first-order valence-electron chi connectivity index (χ1n) is 9.56. The first kappa shape index (κ1) is 15.6. The minimum atomic E-state index is -0.0568. The van der Waals surface area contributed by atoms with Gasteiger partial charge in [-0.05, 0) is 74.0 Å². The van der Waals surface area contributed by atoms with Crippen molar-refractivity contribution in [3.05, 3.63) is 11.6 Å². The van der Waals surface area contributed by atoms with Crippen LogP contribution in [0.5, 0.6) is 0 Å². The predicted octanol–water partition coefficient (Wildman–Crippen LogP) is 5.34. The summed E-state index contributed by atoms with van der Waals surface area (Å²) in [6.45, 7) is 6.52. The summed E-state index contributed by atoms with van der Waals surface area (Å²) in [7, 11) is 0. The highest BCUT2D eigenvalue weighted by molar-refractivity contribution is 5.24. The van der Waals surface area contributed by atoms with E-state index < -0.39 is 0 Å². The highest BCUT2D eigenvalue weighted by atomic mass is 16.3. The van der Waals surface area contributed by atoms with E-state index in [1.165, 1.54) is 44.9 Å². The molecule has 0 aliphatic heterocycles. The number of hydrogen-bond acceptors (Lipinski definition) is 1. The topological polar surface area (TPSA) is 20.2 Å². The first-order chi connectivity index (χ1) is 10.2. The number of rotatable bonds is 0. The van der Waals surface area contributed by atoms with Crippen molar-refractivity contribution in [3.63, 3.8) is 0 Å². The third-order valence-electron chi connectivity index (χ3n) is 7.27. The predicted molar refractivity (Wildman–Crippen MR) is 89.1 cm³/mol. The van der Waals surface area contributed by atoms with Crippen LogP contribution in [-0.4, -0.2) is 11.2 Å². The molecule has 0 aromatic rings. The third-order valence-corrected chi connectivity index (χ3v) is 7.27. The van der Waals surface area contributed by atoms with Gasteiger partial charge in [0, 0.05) is 0 Å². The third kappa shape index (κ3) is 2.50. The van der Waals surface area contributed by atoms with Crippen molar-refractivity contribution in [2.75, 3.05) is 0 Å². The fraction of sp³-hybridized carbons (Fsp3) is 0.900. The smallest absolute Gasteiger partial charge is 0.0577 e. The zero-order chi connectivity index (χ0) is 15.0. The molecular weight excluding hydrogens is 256 g/mol. The summed E-state index contributed by atoms with van der Waals surface area (Å²) in [4.78, 5) is 0. The van der Waals surface area contributed by atoms with Crippen molar-refractivity contribution in [2.45, 2.75) is 84.7 Å². The van der Waals surface area contributed by atoms with Crippen LogP contribution in [0.1, 0.15) is 78.6 Å². The zero-order valence-electron chi connectivity index (χ0n) is 14.3. The Bertz CT molecular complexity index is 399. The maximum Gasteiger partial charge on any atom is 0.0577 e. The molecule has 0 aromatic heterocycles. The van der Waals surface area contributed by atoms with Crippen molar-refractivity contribution in [1.29, 1.82) is 0 Å². The van der Waals surface area contributed by atoms with E-state index in [2.05, 4.69) is 13.0 Å². The summed E-state index contributed by atoms with van der Waals surface area (Å²) in [5.74, 6) is 4.01. The average Bonchev–Trinajstić information content (AvgIpc) is 2.99. The van der Waals surface area contributed by atoms with Gasteiger partial charge in [-0.1, -0.05) is 45.3 Å². The normalized spacial score (nSPS) is 48.2. The molecule has 4 aliphatic rings. The van der Waals surface area contributed by atoms with Gasteiger partial charge in [0.2, 0.25) is 0 Å².